The molecule has 28 heavy (non-hydrogen) atoms. The zero-order chi connectivity index (χ0) is 19.3. The number of guanidine groups is 1. The summed E-state index contributed by atoms with van der Waals surface area (Å²) in [5.74, 6) is 0.332. The summed E-state index contributed by atoms with van der Waals surface area (Å²) in [6.07, 6.45) is 2.28. The number of nitrogens with two attached hydrogens (primary N) is 1. The van der Waals surface area contributed by atoms with E-state index in [2.05, 4.69) is 27.8 Å². The molecule has 0 saturated heterocycles. The van der Waals surface area contributed by atoms with Gasteiger partial charge in [-0.1, -0.05) is 35.9 Å². The van der Waals surface area contributed by atoms with Crippen LogP contribution in [0, 0.1) is 0 Å². The minimum Gasteiger partial charge on any atom is -0.366 e. The molecule has 1 aliphatic carbocycles. The summed E-state index contributed by atoms with van der Waals surface area (Å²) in [5, 5.41) is 7.50. The topological polar surface area (TPSA) is 79.5 Å². The summed E-state index contributed by atoms with van der Waals surface area (Å²) < 4.78 is 0. The molecule has 2 aromatic carbocycles. The Morgan fingerprint density at radius 1 is 1.18 bits per heavy atom. The number of hydrogen-bond donors (Lipinski definition) is 3. The fourth-order valence-corrected chi connectivity index (χ4v) is 3.32. The fourth-order valence-electron chi connectivity index (χ4n) is 3.12. The number of benzene rings is 2. The monoisotopic (exact) mass is 512 g/mol. The number of hydrogen-bond acceptors (Lipinski definition) is 2. The first-order valence-corrected chi connectivity index (χ1v) is 9.57. The Balaban J connectivity index is 0.00000280. The Bertz CT molecular complexity index is 852. The molecule has 0 radical (unpaired) electrons. The summed E-state index contributed by atoms with van der Waals surface area (Å²) >= 11 is 6.15. The summed E-state index contributed by atoms with van der Waals surface area (Å²) in [6, 6.07) is 15.3. The second-order valence-corrected chi connectivity index (χ2v) is 7.34. The van der Waals surface area contributed by atoms with Crippen LogP contribution >= 0.6 is 35.6 Å². The van der Waals surface area contributed by atoms with Crippen LogP contribution in [0.1, 0.15) is 41.3 Å². The quantitative estimate of drug-likeness (QED) is 0.300. The molecule has 1 fully saturated rings. The minimum atomic E-state index is -0.428. The molecule has 1 amide bonds. The largest absolute Gasteiger partial charge is 0.366 e. The summed E-state index contributed by atoms with van der Waals surface area (Å²) in [5.41, 5.74) is 8.19. The minimum absolute atomic E-state index is 0. The molecule has 3 rings (SSSR count). The molecule has 2 aromatic rings. The summed E-state index contributed by atoms with van der Waals surface area (Å²) in [4.78, 5) is 16.0. The maximum absolute atomic E-state index is 11.3. The van der Waals surface area contributed by atoms with E-state index in [9.17, 15) is 4.79 Å². The van der Waals surface area contributed by atoms with E-state index in [1.165, 1.54) is 5.56 Å². The zero-order valence-corrected chi connectivity index (χ0v) is 19.0. The highest BCUT2D eigenvalue weighted by Gasteiger charge is 2.44. The van der Waals surface area contributed by atoms with Gasteiger partial charge in [-0.2, -0.15) is 0 Å². The van der Waals surface area contributed by atoms with Crippen molar-refractivity contribution in [1.29, 1.82) is 0 Å². The number of nitrogens with zero attached hydrogens (tertiary/aromatic N) is 1. The molecule has 0 bridgehead atoms. The maximum Gasteiger partial charge on any atom is 0.248 e. The Kier molecular flexibility index (Phi) is 8.12. The van der Waals surface area contributed by atoms with Crippen molar-refractivity contribution in [3.05, 3.63) is 70.2 Å². The average Bonchev–Trinajstić information content (AvgIpc) is 3.45. The van der Waals surface area contributed by atoms with Gasteiger partial charge in [-0.3, -0.25) is 4.79 Å². The van der Waals surface area contributed by atoms with Gasteiger partial charge in [0.05, 0.1) is 6.54 Å². The average molecular weight is 513 g/mol. The molecular formula is C21H26ClIN4O. The highest BCUT2D eigenvalue weighted by Crippen LogP contribution is 2.48. The number of rotatable bonds is 7. The predicted molar refractivity (Wildman–Crippen MR) is 126 cm³/mol. The number of carbonyl (C=O) groups is 1. The highest BCUT2D eigenvalue weighted by molar-refractivity contribution is 14.0. The van der Waals surface area contributed by atoms with Crippen LogP contribution in [0.2, 0.25) is 5.02 Å². The van der Waals surface area contributed by atoms with E-state index in [1.54, 1.807) is 12.1 Å². The van der Waals surface area contributed by atoms with E-state index in [1.807, 2.05) is 31.2 Å². The second kappa shape index (κ2) is 10.1. The Morgan fingerprint density at radius 3 is 2.57 bits per heavy atom. The maximum atomic E-state index is 11.3. The van der Waals surface area contributed by atoms with E-state index < -0.39 is 5.91 Å². The number of primary amides is 1. The van der Waals surface area contributed by atoms with Gasteiger partial charge in [-0.05, 0) is 55.2 Å². The van der Waals surface area contributed by atoms with E-state index in [4.69, 9.17) is 17.3 Å². The SMILES string of the molecule is CCNC(=NCc1cccc(C(N)=O)c1)NCC1(c2cccc(Cl)c2)CC1.I. The molecule has 0 unspecified atom stereocenters. The normalized spacial score (nSPS) is 14.7. The first-order valence-electron chi connectivity index (χ1n) is 9.19. The van der Waals surface area contributed by atoms with Crippen molar-refractivity contribution in [3.63, 3.8) is 0 Å². The number of halogens is 2. The number of carbonyl (C=O) groups excluding carboxylic acids is 1. The lowest BCUT2D eigenvalue weighted by Crippen LogP contribution is -2.41. The Morgan fingerprint density at radius 2 is 1.93 bits per heavy atom. The van der Waals surface area contributed by atoms with Gasteiger partial charge in [0.1, 0.15) is 0 Å². The lowest BCUT2D eigenvalue weighted by Gasteiger charge is -2.19. The number of aliphatic imine (C=N–C) groups is 1. The van der Waals surface area contributed by atoms with E-state index >= 15 is 0 Å². The first kappa shape index (κ1) is 22.5. The summed E-state index contributed by atoms with van der Waals surface area (Å²) in [6.45, 7) is 4.09. The van der Waals surface area contributed by atoms with Gasteiger partial charge >= 0.3 is 0 Å². The lowest BCUT2D eigenvalue weighted by atomic mass is 9.96. The molecule has 0 heterocycles. The molecule has 1 saturated carbocycles. The molecule has 0 atom stereocenters. The van der Waals surface area contributed by atoms with Gasteiger partial charge < -0.3 is 16.4 Å². The molecule has 7 heteroatoms. The second-order valence-electron chi connectivity index (χ2n) is 6.90. The third kappa shape index (κ3) is 5.85. The molecule has 0 aromatic heterocycles. The van der Waals surface area contributed by atoms with Crippen LogP contribution in [0.25, 0.3) is 0 Å². The van der Waals surface area contributed by atoms with Crippen molar-refractivity contribution in [2.24, 2.45) is 10.7 Å². The van der Waals surface area contributed by atoms with Crippen molar-refractivity contribution < 1.29 is 4.79 Å². The van der Waals surface area contributed by atoms with Gasteiger partial charge in [0, 0.05) is 29.1 Å². The van der Waals surface area contributed by atoms with Crippen molar-refractivity contribution in [1.82, 2.24) is 10.6 Å². The molecular weight excluding hydrogens is 487 g/mol. The fraction of sp³-hybridized carbons (Fsp3) is 0.333. The van der Waals surface area contributed by atoms with Crippen LogP contribution in [-0.2, 0) is 12.0 Å². The third-order valence-corrected chi connectivity index (χ3v) is 5.10. The van der Waals surface area contributed by atoms with Gasteiger partial charge in [0.25, 0.3) is 0 Å². The van der Waals surface area contributed by atoms with Gasteiger partial charge in [0.15, 0.2) is 5.96 Å². The predicted octanol–water partition coefficient (Wildman–Crippen LogP) is 3.84. The molecule has 150 valence electrons. The molecule has 0 aliphatic heterocycles. The standard InChI is InChI=1S/C21H25ClN4O.HI/c1-2-24-20(25-13-15-5-3-6-16(11-15)19(23)27)26-14-21(9-10-21)17-7-4-8-18(22)12-17;/h3-8,11-12H,2,9-10,13-14H2,1H3,(H2,23,27)(H2,24,25,26);1H. The highest BCUT2D eigenvalue weighted by atomic mass is 127. The first-order chi connectivity index (χ1) is 13.0. The Labute approximate surface area is 188 Å². The van der Waals surface area contributed by atoms with Crippen LogP contribution in [0.15, 0.2) is 53.5 Å². The van der Waals surface area contributed by atoms with Gasteiger partial charge in [-0.15, -0.1) is 24.0 Å². The van der Waals surface area contributed by atoms with Crippen LogP contribution in [-0.4, -0.2) is 25.0 Å². The van der Waals surface area contributed by atoms with Crippen molar-refractivity contribution in [2.75, 3.05) is 13.1 Å². The van der Waals surface area contributed by atoms with E-state index in [-0.39, 0.29) is 29.4 Å². The van der Waals surface area contributed by atoms with Crippen molar-refractivity contribution in [3.8, 4) is 0 Å². The van der Waals surface area contributed by atoms with E-state index in [0.717, 1.165) is 42.5 Å². The number of nitrogens with one attached hydrogen (secondary N) is 2. The van der Waals surface area contributed by atoms with Crippen LogP contribution in [0.4, 0.5) is 0 Å². The molecule has 4 N–H and O–H groups in total. The number of amides is 1. The van der Waals surface area contributed by atoms with Crippen LogP contribution < -0.4 is 16.4 Å². The van der Waals surface area contributed by atoms with Gasteiger partial charge in [-0.25, -0.2) is 4.99 Å². The van der Waals surface area contributed by atoms with Crippen LogP contribution in [0.5, 0.6) is 0 Å². The smallest absolute Gasteiger partial charge is 0.248 e. The lowest BCUT2D eigenvalue weighted by molar-refractivity contribution is 0.1000. The van der Waals surface area contributed by atoms with Crippen molar-refractivity contribution in [2.45, 2.75) is 31.7 Å². The summed E-state index contributed by atoms with van der Waals surface area (Å²) in [7, 11) is 0. The molecule has 0 spiro atoms. The molecule has 1 aliphatic rings. The Hall–Kier alpha value is -1.80. The van der Waals surface area contributed by atoms with Crippen LogP contribution in [0.3, 0.4) is 0 Å². The zero-order valence-electron chi connectivity index (χ0n) is 15.9. The van der Waals surface area contributed by atoms with Gasteiger partial charge in [0.2, 0.25) is 5.91 Å². The third-order valence-electron chi connectivity index (χ3n) is 4.86. The van der Waals surface area contributed by atoms with Crippen molar-refractivity contribution >= 4 is 47.4 Å². The van der Waals surface area contributed by atoms with E-state index in [0.29, 0.717) is 12.1 Å². The molecule has 5 nitrogen and oxygen atoms in total.